The van der Waals surface area contributed by atoms with E-state index in [9.17, 15) is 4.79 Å². The molecule has 0 unspecified atom stereocenters. The Morgan fingerprint density at radius 3 is 3.07 bits per heavy atom. The lowest BCUT2D eigenvalue weighted by atomic mass is 10.3. The van der Waals surface area contributed by atoms with E-state index in [-0.39, 0.29) is 0 Å². The molecule has 0 atom stereocenters. The molecule has 0 aliphatic rings. The van der Waals surface area contributed by atoms with Gasteiger partial charge in [0.15, 0.2) is 11.3 Å². The van der Waals surface area contributed by atoms with Gasteiger partial charge in [0.05, 0.1) is 5.52 Å². The predicted octanol–water partition coefficient (Wildman–Crippen LogP) is 0.469. The second-order valence-electron chi connectivity index (χ2n) is 3.17. The minimum atomic E-state index is -0.395. The first-order valence-electron chi connectivity index (χ1n) is 4.65. The second-order valence-corrected chi connectivity index (χ2v) is 3.17. The van der Waals surface area contributed by atoms with Crippen LogP contribution in [0, 0.1) is 0 Å². The van der Waals surface area contributed by atoms with Crippen LogP contribution in [-0.4, -0.2) is 17.7 Å². The summed E-state index contributed by atoms with van der Waals surface area (Å²) in [4.78, 5) is 11.3. The van der Waals surface area contributed by atoms with Gasteiger partial charge in [-0.15, -0.1) is 0 Å². The predicted molar refractivity (Wildman–Crippen MR) is 56.0 cm³/mol. The Kier molecular flexibility index (Phi) is 2.47. The molecule has 0 aliphatic heterocycles. The Morgan fingerprint density at radius 2 is 2.33 bits per heavy atom. The summed E-state index contributed by atoms with van der Waals surface area (Å²) in [5.41, 5.74) is 6.52. The van der Waals surface area contributed by atoms with Crippen LogP contribution in [0.1, 0.15) is 0 Å². The SMILES string of the molecule is Cn1c(=O)oc2c(OCCN)cccc21. The fourth-order valence-corrected chi connectivity index (χ4v) is 1.41. The number of ether oxygens (including phenoxy) is 1. The second kappa shape index (κ2) is 3.78. The molecule has 0 amide bonds. The van der Waals surface area contributed by atoms with Gasteiger partial charge in [-0.2, -0.15) is 0 Å². The van der Waals surface area contributed by atoms with Crippen LogP contribution < -0.4 is 16.2 Å². The number of rotatable bonds is 3. The first kappa shape index (κ1) is 9.79. The number of para-hydroxylation sites is 1. The van der Waals surface area contributed by atoms with Crippen LogP contribution in [0.5, 0.6) is 5.75 Å². The fraction of sp³-hybridized carbons (Fsp3) is 0.300. The molecule has 0 fully saturated rings. The molecule has 0 spiro atoms. The van der Waals surface area contributed by atoms with E-state index in [0.717, 1.165) is 5.52 Å². The van der Waals surface area contributed by atoms with Crippen molar-refractivity contribution in [1.82, 2.24) is 4.57 Å². The molecule has 0 saturated heterocycles. The molecule has 0 bridgehead atoms. The summed E-state index contributed by atoms with van der Waals surface area (Å²) >= 11 is 0. The highest BCUT2D eigenvalue weighted by molar-refractivity contribution is 5.79. The lowest BCUT2D eigenvalue weighted by molar-refractivity contribution is 0.326. The Balaban J connectivity index is 2.56. The topological polar surface area (TPSA) is 70.4 Å². The van der Waals surface area contributed by atoms with Crippen LogP contribution in [-0.2, 0) is 7.05 Å². The highest BCUT2D eigenvalue weighted by Gasteiger charge is 2.10. The standard InChI is InChI=1S/C10H12N2O3/c1-12-7-3-2-4-8(14-6-5-11)9(7)15-10(12)13/h2-4H,5-6,11H2,1H3. The molecule has 0 aliphatic carbocycles. The largest absolute Gasteiger partial charge is 0.488 e. The third-order valence-electron chi connectivity index (χ3n) is 2.16. The van der Waals surface area contributed by atoms with Crippen molar-refractivity contribution < 1.29 is 9.15 Å². The number of nitrogens with zero attached hydrogens (tertiary/aromatic N) is 1. The van der Waals surface area contributed by atoms with Gasteiger partial charge in [0, 0.05) is 13.6 Å². The minimum Gasteiger partial charge on any atom is -0.488 e. The number of aromatic nitrogens is 1. The van der Waals surface area contributed by atoms with Gasteiger partial charge in [-0.25, -0.2) is 4.79 Å². The van der Waals surface area contributed by atoms with Crippen molar-refractivity contribution in [1.29, 1.82) is 0 Å². The first-order chi connectivity index (χ1) is 7.24. The summed E-state index contributed by atoms with van der Waals surface area (Å²) in [7, 11) is 1.65. The average molecular weight is 208 g/mol. The van der Waals surface area contributed by atoms with Gasteiger partial charge < -0.3 is 14.9 Å². The lowest BCUT2D eigenvalue weighted by Gasteiger charge is -2.03. The van der Waals surface area contributed by atoms with E-state index in [2.05, 4.69) is 0 Å². The molecule has 2 rings (SSSR count). The smallest absolute Gasteiger partial charge is 0.419 e. The van der Waals surface area contributed by atoms with Gasteiger partial charge in [0.2, 0.25) is 0 Å². The van der Waals surface area contributed by atoms with E-state index in [1.165, 1.54) is 4.57 Å². The van der Waals surface area contributed by atoms with Gasteiger partial charge >= 0.3 is 5.76 Å². The van der Waals surface area contributed by atoms with Crippen molar-refractivity contribution in [3.8, 4) is 5.75 Å². The maximum Gasteiger partial charge on any atom is 0.419 e. The van der Waals surface area contributed by atoms with Gasteiger partial charge in [-0.05, 0) is 12.1 Å². The number of aryl methyl sites for hydroxylation is 1. The molecule has 1 aromatic heterocycles. The number of oxazole rings is 1. The zero-order valence-corrected chi connectivity index (χ0v) is 8.40. The average Bonchev–Trinajstić information content (AvgIpc) is 2.53. The zero-order valence-electron chi connectivity index (χ0n) is 8.40. The highest BCUT2D eigenvalue weighted by atomic mass is 16.5. The summed E-state index contributed by atoms with van der Waals surface area (Å²) in [5.74, 6) is 0.157. The van der Waals surface area contributed by atoms with E-state index in [0.29, 0.717) is 24.5 Å². The van der Waals surface area contributed by atoms with Gasteiger partial charge in [-0.3, -0.25) is 4.57 Å². The molecular formula is C10H12N2O3. The number of hydrogen-bond acceptors (Lipinski definition) is 4. The van der Waals surface area contributed by atoms with E-state index >= 15 is 0 Å². The van der Waals surface area contributed by atoms with Crippen LogP contribution in [0.25, 0.3) is 11.1 Å². The Hall–Kier alpha value is -1.75. The number of hydrogen-bond donors (Lipinski definition) is 1. The first-order valence-corrected chi connectivity index (χ1v) is 4.65. The molecule has 80 valence electrons. The molecule has 15 heavy (non-hydrogen) atoms. The molecule has 0 radical (unpaired) electrons. The third-order valence-corrected chi connectivity index (χ3v) is 2.16. The lowest BCUT2D eigenvalue weighted by Crippen LogP contribution is -2.10. The van der Waals surface area contributed by atoms with Crippen LogP contribution >= 0.6 is 0 Å². The molecule has 5 nitrogen and oxygen atoms in total. The quantitative estimate of drug-likeness (QED) is 0.795. The van der Waals surface area contributed by atoms with Crippen molar-refractivity contribution in [2.75, 3.05) is 13.2 Å². The maximum absolute atomic E-state index is 11.3. The molecule has 2 N–H and O–H groups in total. The van der Waals surface area contributed by atoms with Crippen molar-refractivity contribution in [2.24, 2.45) is 12.8 Å². The van der Waals surface area contributed by atoms with Crippen molar-refractivity contribution in [3.05, 3.63) is 28.7 Å². The molecule has 2 aromatic rings. The van der Waals surface area contributed by atoms with E-state index in [1.807, 2.05) is 6.07 Å². The van der Waals surface area contributed by atoms with Crippen molar-refractivity contribution in [2.45, 2.75) is 0 Å². The number of fused-ring (bicyclic) bond motifs is 1. The summed E-state index contributed by atoms with van der Waals surface area (Å²) in [5, 5.41) is 0. The monoisotopic (exact) mass is 208 g/mol. The fourth-order valence-electron chi connectivity index (χ4n) is 1.41. The van der Waals surface area contributed by atoms with Crippen LogP contribution in [0.4, 0.5) is 0 Å². The van der Waals surface area contributed by atoms with E-state index in [1.54, 1.807) is 19.2 Å². The van der Waals surface area contributed by atoms with Crippen LogP contribution in [0.2, 0.25) is 0 Å². The molecular weight excluding hydrogens is 196 g/mol. The maximum atomic E-state index is 11.3. The highest BCUT2D eigenvalue weighted by Crippen LogP contribution is 2.23. The van der Waals surface area contributed by atoms with Crippen LogP contribution in [0.15, 0.2) is 27.4 Å². The van der Waals surface area contributed by atoms with Gasteiger partial charge in [-0.1, -0.05) is 6.07 Å². The summed E-state index contributed by atoms with van der Waals surface area (Å²) in [6, 6.07) is 5.36. The van der Waals surface area contributed by atoms with E-state index < -0.39 is 5.76 Å². The Morgan fingerprint density at radius 1 is 1.53 bits per heavy atom. The molecule has 1 aromatic carbocycles. The Labute approximate surface area is 86.0 Å². The van der Waals surface area contributed by atoms with E-state index in [4.69, 9.17) is 14.9 Å². The summed E-state index contributed by atoms with van der Waals surface area (Å²) in [6.45, 7) is 0.825. The Bertz CT molecular complexity index is 527. The third kappa shape index (κ3) is 1.61. The molecule has 5 heteroatoms. The summed E-state index contributed by atoms with van der Waals surface area (Å²) < 4.78 is 11.9. The summed E-state index contributed by atoms with van der Waals surface area (Å²) in [6.07, 6.45) is 0. The van der Waals surface area contributed by atoms with Crippen molar-refractivity contribution >= 4 is 11.1 Å². The zero-order chi connectivity index (χ0) is 10.8. The molecule has 0 saturated carbocycles. The van der Waals surface area contributed by atoms with Crippen molar-refractivity contribution in [3.63, 3.8) is 0 Å². The number of benzene rings is 1. The van der Waals surface area contributed by atoms with Crippen LogP contribution in [0.3, 0.4) is 0 Å². The van der Waals surface area contributed by atoms with Gasteiger partial charge in [0.25, 0.3) is 0 Å². The van der Waals surface area contributed by atoms with Gasteiger partial charge in [0.1, 0.15) is 6.61 Å². The molecule has 1 heterocycles. The number of nitrogens with two attached hydrogens (primary N) is 1. The minimum absolute atomic E-state index is 0.395. The normalized spacial score (nSPS) is 10.8.